The molecule has 1 fully saturated rings. The Morgan fingerprint density at radius 1 is 1.00 bits per heavy atom. The second-order valence-corrected chi connectivity index (χ2v) is 6.93. The summed E-state index contributed by atoms with van der Waals surface area (Å²) in [4.78, 5) is 0. The van der Waals surface area contributed by atoms with E-state index < -0.39 is 0 Å². The Morgan fingerprint density at radius 2 is 1.74 bits per heavy atom. The molecule has 0 saturated heterocycles. The first kappa shape index (κ1) is 21.5. The first-order valence-corrected chi connectivity index (χ1v) is 9.53. The summed E-state index contributed by atoms with van der Waals surface area (Å²) in [5, 5.41) is 3.67. The van der Waals surface area contributed by atoms with Gasteiger partial charge in [-0.15, -0.1) is 12.4 Å². The van der Waals surface area contributed by atoms with E-state index in [1.54, 1.807) is 25.3 Å². The highest BCUT2D eigenvalue weighted by Gasteiger charge is 2.12. The van der Waals surface area contributed by atoms with E-state index in [0.29, 0.717) is 23.1 Å². The molecule has 1 aliphatic rings. The number of benzene rings is 2. The van der Waals surface area contributed by atoms with E-state index in [2.05, 4.69) is 5.32 Å². The van der Waals surface area contributed by atoms with Gasteiger partial charge in [0.1, 0.15) is 12.4 Å². The van der Waals surface area contributed by atoms with Crippen molar-refractivity contribution < 1.29 is 13.9 Å². The van der Waals surface area contributed by atoms with Crippen LogP contribution in [0.2, 0.25) is 0 Å². The predicted octanol–water partition coefficient (Wildman–Crippen LogP) is 5.65. The molecule has 0 aliphatic heterocycles. The van der Waals surface area contributed by atoms with Crippen molar-refractivity contribution in [2.24, 2.45) is 0 Å². The van der Waals surface area contributed by atoms with Crippen molar-refractivity contribution in [2.45, 2.75) is 57.7 Å². The Bertz CT molecular complexity index is 702. The third-order valence-corrected chi connectivity index (χ3v) is 5.02. The molecular formula is C22H29ClFNO2. The van der Waals surface area contributed by atoms with Gasteiger partial charge < -0.3 is 14.8 Å². The van der Waals surface area contributed by atoms with Crippen molar-refractivity contribution in [3.8, 4) is 11.5 Å². The summed E-state index contributed by atoms with van der Waals surface area (Å²) in [6.07, 6.45) is 7.90. The van der Waals surface area contributed by atoms with E-state index in [1.165, 1.54) is 50.2 Å². The molecule has 0 bridgehead atoms. The summed E-state index contributed by atoms with van der Waals surface area (Å²) in [5.41, 5.74) is 1.71. The molecule has 2 aromatic rings. The van der Waals surface area contributed by atoms with Crippen LogP contribution in [0.5, 0.6) is 11.5 Å². The summed E-state index contributed by atoms with van der Waals surface area (Å²) in [6.45, 7) is 1.01. The number of rotatable bonds is 7. The van der Waals surface area contributed by atoms with Gasteiger partial charge in [0.2, 0.25) is 0 Å². The topological polar surface area (TPSA) is 30.5 Å². The molecule has 3 nitrogen and oxygen atoms in total. The summed E-state index contributed by atoms with van der Waals surface area (Å²) < 4.78 is 25.0. The zero-order valence-corrected chi connectivity index (χ0v) is 16.7. The molecule has 5 heteroatoms. The van der Waals surface area contributed by atoms with Crippen LogP contribution in [-0.4, -0.2) is 13.2 Å². The van der Waals surface area contributed by atoms with Crippen molar-refractivity contribution in [2.75, 3.05) is 7.11 Å². The van der Waals surface area contributed by atoms with Gasteiger partial charge in [0.15, 0.2) is 11.5 Å². The zero-order chi connectivity index (χ0) is 18.2. The van der Waals surface area contributed by atoms with Crippen LogP contribution >= 0.6 is 12.4 Å². The van der Waals surface area contributed by atoms with Gasteiger partial charge in [0, 0.05) is 18.2 Å². The van der Waals surface area contributed by atoms with Crippen molar-refractivity contribution >= 4 is 12.4 Å². The van der Waals surface area contributed by atoms with E-state index in [1.807, 2.05) is 18.2 Å². The summed E-state index contributed by atoms with van der Waals surface area (Å²) in [5.74, 6) is 1.06. The van der Waals surface area contributed by atoms with Crippen LogP contribution in [0.1, 0.15) is 49.7 Å². The number of methoxy groups -OCH3 is 1. The third-order valence-electron chi connectivity index (χ3n) is 5.02. The summed E-state index contributed by atoms with van der Waals surface area (Å²) in [6, 6.07) is 13.2. The van der Waals surface area contributed by atoms with Crippen LogP contribution in [0.25, 0.3) is 0 Å². The molecule has 1 aliphatic carbocycles. The highest BCUT2D eigenvalue weighted by atomic mass is 35.5. The van der Waals surface area contributed by atoms with Crippen LogP contribution in [-0.2, 0) is 13.2 Å². The normalized spacial score (nSPS) is 14.9. The Balaban J connectivity index is 0.00000261. The average Bonchev–Trinajstić information content (AvgIpc) is 2.95. The minimum atomic E-state index is -0.254. The molecule has 0 heterocycles. The fourth-order valence-corrected chi connectivity index (χ4v) is 3.46. The van der Waals surface area contributed by atoms with Crippen molar-refractivity contribution in [3.63, 3.8) is 0 Å². The Hall–Kier alpha value is -1.78. The van der Waals surface area contributed by atoms with E-state index in [0.717, 1.165) is 6.54 Å². The molecule has 2 aromatic carbocycles. The van der Waals surface area contributed by atoms with Crippen LogP contribution in [0.4, 0.5) is 4.39 Å². The van der Waals surface area contributed by atoms with Gasteiger partial charge in [-0.1, -0.05) is 49.9 Å². The lowest BCUT2D eigenvalue weighted by Gasteiger charge is -2.17. The SMILES string of the molecule is COc1cc(CNC2CCCCCC2)ccc1OCc1ccccc1F.Cl. The van der Waals surface area contributed by atoms with E-state index in [-0.39, 0.29) is 24.8 Å². The molecule has 0 amide bonds. The monoisotopic (exact) mass is 393 g/mol. The van der Waals surface area contributed by atoms with Crippen LogP contribution < -0.4 is 14.8 Å². The number of hydrogen-bond donors (Lipinski definition) is 1. The van der Waals surface area contributed by atoms with Gasteiger partial charge in [-0.05, 0) is 36.6 Å². The van der Waals surface area contributed by atoms with Gasteiger partial charge in [0.25, 0.3) is 0 Å². The third kappa shape index (κ3) is 6.40. The lowest BCUT2D eigenvalue weighted by Crippen LogP contribution is -2.27. The largest absolute Gasteiger partial charge is 0.493 e. The van der Waals surface area contributed by atoms with Crippen molar-refractivity contribution in [3.05, 3.63) is 59.4 Å². The van der Waals surface area contributed by atoms with Gasteiger partial charge in [-0.25, -0.2) is 4.39 Å². The van der Waals surface area contributed by atoms with Crippen molar-refractivity contribution in [1.82, 2.24) is 5.32 Å². The van der Waals surface area contributed by atoms with E-state index in [9.17, 15) is 4.39 Å². The zero-order valence-electron chi connectivity index (χ0n) is 15.9. The fraction of sp³-hybridized carbons (Fsp3) is 0.455. The first-order chi connectivity index (χ1) is 12.8. The lowest BCUT2D eigenvalue weighted by atomic mass is 10.1. The van der Waals surface area contributed by atoms with Crippen LogP contribution in [0.3, 0.4) is 0 Å². The Morgan fingerprint density at radius 3 is 2.44 bits per heavy atom. The Labute approximate surface area is 167 Å². The lowest BCUT2D eigenvalue weighted by molar-refractivity contribution is 0.279. The molecular weight excluding hydrogens is 365 g/mol. The van der Waals surface area contributed by atoms with E-state index in [4.69, 9.17) is 9.47 Å². The molecule has 0 aromatic heterocycles. The smallest absolute Gasteiger partial charge is 0.161 e. The molecule has 148 valence electrons. The standard InChI is InChI=1S/C22H28FNO2.ClH/c1-25-22-14-17(15-24-19-9-4-2-3-5-10-19)12-13-21(22)26-16-18-8-6-7-11-20(18)23;/h6-8,11-14,19,24H,2-5,9-10,15-16H2,1H3;1H. The number of ether oxygens (including phenoxy) is 2. The van der Waals surface area contributed by atoms with Gasteiger partial charge in [-0.2, -0.15) is 0 Å². The van der Waals surface area contributed by atoms with Crippen LogP contribution in [0.15, 0.2) is 42.5 Å². The quantitative estimate of drug-likeness (QED) is 0.617. The average molecular weight is 394 g/mol. The molecule has 1 N–H and O–H groups in total. The predicted molar refractivity (Wildman–Crippen MR) is 109 cm³/mol. The molecule has 27 heavy (non-hydrogen) atoms. The van der Waals surface area contributed by atoms with Gasteiger partial charge in [0.05, 0.1) is 7.11 Å². The number of hydrogen-bond acceptors (Lipinski definition) is 3. The second kappa shape index (κ2) is 11.2. The maximum Gasteiger partial charge on any atom is 0.161 e. The van der Waals surface area contributed by atoms with Gasteiger partial charge in [-0.3, -0.25) is 0 Å². The maximum atomic E-state index is 13.7. The minimum absolute atomic E-state index is 0. The van der Waals surface area contributed by atoms with Crippen molar-refractivity contribution in [1.29, 1.82) is 0 Å². The Kier molecular flexibility index (Phi) is 8.89. The second-order valence-electron chi connectivity index (χ2n) is 6.93. The van der Waals surface area contributed by atoms with E-state index >= 15 is 0 Å². The molecule has 0 atom stereocenters. The summed E-state index contributed by atoms with van der Waals surface area (Å²) >= 11 is 0. The molecule has 3 rings (SSSR count). The highest BCUT2D eigenvalue weighted by Crippen LogP contribution is 2.29. The number of halogens is 2. The minimum Gasteiger partial charge on any atom is -0.493 e. The molecule has 0 radical (unpaired) electrons. The first-order valence-electron chi connectivity index (χ1n) is 9.53. The van der Waals surface area contributed by atoms with Crippen LogP contribution in [0, 0.1) is 5.82 Å². The highest BCUT2D eigenvalue weighted by molar-refractivity contribution is 5.85. The summed E-state index contributed by atoms with van der Waals surface area (Å²) in [7, 11) is 1.63. The number of nitrogens with one attached hydrogen (secondary N) is 1. The maximum absolute atomic E-state index is 13.7. The molecule has 0 spiro atoms. The molecule has 0 unspecified atom stereocenters. The fourth-order valence-electron chi connectivity index (χ4n) is 3.46. The van der Waals surface area contributed by atoms with Gasteiger partial charge >= 0.3 is 0 Å². The molecule has 1 saturated carbocycles.